The zero-order chi connectivity index (χ0) is 24.8. The van der Waals surface area contributed by atoms with Crippen molar-refractivity contribution in [3.8, 4) is 5.75 Å². The molecule has 2 rings (SSSR count). The molecule has 0 unspecified atom stereocenters. The lowest BCUT2D eigenvalue weighted by molar-refractivity contribution is -0.142. The number of carbonyl (C=O) groups is 2. The van der Waals surface area contributed by atoms with Gasteiger partial charge in [-0.25, -0.2) is 0 Å². The van der Waals surface area contributed by atoms with Crippen molar-refractivity contribution in [3.63, 3.8) is 0 Å². The highest BCUT2D eigenvalue weighted by Crippen LogP contribution is 2.31. The Bertz CT molecular complexity index is 951. The van der Waals surface area contributed by atoms with Gasteiger partial charge in [-0.05, 0) is 71.8 Å². The molecule has 0 saturated heterocycles. The van der Waals surface area contributed by atoms with E-state index < -0.39 is 6.04 Å². The topological polar surface area (TPSA) is 58.6 Å². The summed E-state index contributed by atoms with van der Waals surface area (Å²) in [6.07, 6.45) is 0.825. The van der Waals surface area contributed by atoms with Crippen LogP contribution in [0.5, 0.6) is 5.75 Å². The minimum absolute atomic E-state index is 0.0140. The summed E-state index contributed by atoms with van der Waals surface area (Å²) in [4.78, 5) is 27.6. The highest BCUT2D eigenvalue weighted by atomic mass is 79.9. The standard InChI is InChI=1S/C27H37BrN2O3/c1-8-19(3)29-26(32)20(4)30(16-21-11-9-18(2)10-12-21)25(31)17-33-24-14-13-22(15-23(24)28)27(5,6)7/h9-15,19-20H,8,16-17H2,1-7H3,(H,29,32)/t19-,20-/m1/s1. The van der Waals surface area contributed by atoms with Crippen molar-refractivity contribution in [2.75, 3.05) is 6.61 Å². The molecule has 1 N–H and O–H groups in total. The van der Waals surface area contributed by atoms with Gasteiger partial charge in [0.1, 0.15) is 11.8 Å². The molecule has 2 amide bonds. The van der Waals surface area contributed by atoms with Gasteiger partial charge in [-0.1, -0.05) is 63.6 Å². The van der Waals surface area contributed by atoms with Crippen LogP contribution >= 0.6 is 15.9 Å². The van der Waals surface area contributed by atoms with Gasteiger partial charge in [0.25, 0.3) is 5.91 Å². The van der Waals surface area contributed by atoms with Crippen molar-refractivity contribution in [2.45, 2.75) is 78.9 Å². The van der Waals surface area contributed by atoms with Crippen LogP contribution in [-0.2, 0) is 21.5 Å². The maximum absolute atomic E-state index is 13.2. The van der Waals surface area contributed by atoms with Gasteiger partial charge in [-0.15, -0.1) is 0 Å². The second-order valence-corrected chi connectivity index (χ2v) is 10.5. The molecule has 0 spiro atoms. The van der Waals surface area contributed by atoms with Crippen molar-refractivity contribution in [3.05, 3.63) is 63.6 Å². The Morgan fingerprint density at radius 1 is 1.09 bits per heavy atom. The fourth-order valence-electron chi connectivity index (χ4n) is 3.25. The Balaban J connectivity index is 2.18. The lowest BCUT2D eigenvalue weighted by Gasteiger charge is -2.29. The van der Waals surface area contributed by atoms with E-state index in [0.29, 0.717) is 12.3 Å². The van der Waals surface area contributed by atoms with Crippen LogP contribution in [0.4, 0.5) is 0 Å². The lowest BCUT2D eigenvalue weighted by Crippen LogP contribution is -2.50. The summed E-state index contributed by atoms with van der Waals surface area (Å²) in [6, 6.07) is 13.3. The second kappa shape index (κ2) is 11.7. The first-order valence-corrected chi connectivity index (χ1v) is 12.3. The van der Waals surface area contributed by atoms with E-state index in [-0.39, 0.29) is 29.9 Å². The van der Waals surface area contributed by atoms with Gasteiger partial charge in [0.05, 0.1) is 4.47 Å². The number of carbonyl (C=O) groups excluding carboxylic acids is 2. The first-order chi connectivity index (χ1) is 15.4. The third-order valence-corrected chi connectivity index (χ3v) is 6.41. The van der Waals surface area contributed by atoms with E-state index in [9.17, 15) is 9.59 Å². The van der Waals surface area contributed by atoms with Crippen molar-refractivity contribution in [1.82, 2.24) is 10.2 Å². The van der Waals surface area contributed by atoms with Gasteiger partial charge in [0, 0.05) is 12.6 Å². The van der Waals surface area contributed by atoms with Crippen LogP contribution in [0.2, 0.25) is 0 Å². The summed E-state index contributed by atoms with van der Waals surface area (Å²) < 4.78 is 6.67. The molecule has 0 saturated carbocycles. The average molecular weight is 518 g/mol. The summed E-state index contributed by atoms with van der Waals surface area (Å²) >= 11 is 3.56. The highest BCUT2D eigenvalue weighted by Gasteiger charge is 2.27. The molecule has 6 heteroatoms. The fraction of sp³-hybridized carbons (Fsp3) is 0.481. The Morgan fingerprint density at radius 2 is 1.73 bits per heavy atom. The molecule has 2 atom stereocenters. The van der Waals surface area contributed by atoms with E-state index in [1.54, 1.807) is 11.8 Å². The molecule has 2 aromatic carbocycles. The summed E-state index contributed by atoms with van der Waals surface area (Å²) in [5.74, 6) is 0.193. The van der Waals surface area contributed by atoms with Crippen LogP contribution < -0.4 is 10.1 Å². The quantitative estimate of drug-likeness (QED) is 0.460. The first kappa shape index (κ1) is 26.9. The predicted molar refractivity (Wildman–Crippen MR) is 137 cm³/mol. The van der Waals surface area contributed by atoms with E-state index in [1.165, 1.54) is 5.56 Å². The van der Waals surface area contributed by atoms with Gasteiger partial charge in [-0.3, -0.25) is 9.59 Å². The molecule has 0 aliphatic rings. The summed E-state index contributed by atoms with van der Waals surface area (Å²) in [5.41, 5.74) is 3.29. The average Bonchev–Trinajstić information content (AvgIpc) is 2.76. The predicted octanol–water partition coefficient (Wildman–Crippen LogP) is 5.77. The second-order valence-electron chi connectivity index (χ2n) is 9.68. The Labute approximate surface area is 207 Å². The maximum atomic E-state index is 13.2. The zero-order valence-electron chi connectivity index (χ0n) is 20.9. The Hall–Kier alpha value is -2.34. The molecule has 33 heavy (non-hydrogen) atoms. The lowest BCUT2D eigenvalue weighted by atomic mass is 9.87. The number of rotatable bonds is 9. The number of benzene rings is 2. The number of ether oxygens (including phenoxy) is 1. The third-order valence-electron chi connectivity index (χ3n) is 5.79. The van der Waals surface area contributed by atoms with Gasteiger partial charge < -0.3 is 15.0 Å². The minimum atomic E-state index is -0.622. The van der Waals surface area contributed by atoms with Crippen molar-refractivity contribution in [1.29, 1.82) is 0 Å². The van der Waals surface area contributed by atoms with E-state index in [0.717, 1.165) is 22.0 Å². The SMILES string of the molecule is CC[C@@H](C)NC(=O)[C@@H](C)N(Cc1ccc(C)cc1)C(=O)COc1ccc(C(C)(C)C)cc1Br. The number of amides is 2. The van der Waals surface area contributed by atoms with Crippen LogP contribution in [0, 0.1) is 6.92 Å². The molecule has 0 aliphatic heterocycles. The van der Waals surface area contributed by atoms with Crippen LogP contribution in [0.3, 0.4) is 0 Å². The van der Waals surface area contributed by atoms with Crippen LogP contribution in [0.15, 0.2) is 46.9 Å². The Morgan fingerprint density at radius 3 is 2.27 bits per heavy atom. The van der Waals surface area contributed by atoms with Crippen LogP contribution in [0.1, 0.15) is 64.7 Å². The van der Waals surface area contributed by atoms with Crippen LogP contribution in [-0.4, -0.2) is 35.4 Å². The number of halogens is 1. The van der Waals surface area contributed by atoms with E-state index in [4.69, 9.17) is 4.74 Å². The van der Waals surface area contributed by atoms with Gasteiger partial charge in [0.15, 0.2) is 6.61 Å². The monoisotopic (exact) mass is 516 g/mol. The Kier molecular flexibility index (Phi) is 9.53. The maximum Gasteiger partial charge on any atom is 0.261 e. The summed E-state index contributed by atoms with van der Waals surface area (Å²) in [5, 5.41) is 2.98. The van der Waals surface area contributed by atoms with Crippen molar-refractivity contribution < 1.29 is 14.3 Å². The normalized spacial score (nSPS) is 13.2. The molecule has 0 aliphatic carbocycles. The molecule has 0 bridgehead atoms. The largest absolute Gasteiger partial charge is 0.483 e. The van der Waals surface area contributed by atoms with Gasteiger partial charge in [0.2, 0.25) is 5.91 Å². The molecular formula is C27H37BrN2O3. The molecule has 0 radical (unpaired) electrons. The van der Waals surface area contributed by atoms with Gasteiger partial charge >= 0.3 is 0 Å². The number of hydrogen-bond donors (Lipinski definition) is 1. The fourth-order valence-corrected chi connectivity index (χ4v) is 3.74. The summed E-state index contributed by atoms with van der Waals surface area (Å²) in [7, 11) is 0. The molecule has 5 nitrogen and oxygen atoms in total. The number of nitrogens with one attached hydrogen (secondary N) is 1. The molecule has 2 aromatic rings. The summed E-state index contributed by atoms with van der Waals surface area (Å²) in [6.45, 7) is 14.4. The molecule has 0 aromatic heterocycles. The van der Waals surface area contributed by atoms with Crippen molar-refractivity contribution >= 4 is 27.7 Å². The zero-order valence-corrected chi connectivity index (χ0v) is 22.5. The molecular weight excluding hydrogens is 480 g/mol. The molecule has 0 fully saturated rings. The smallest absolute Gasteiger partial charge is 0.261 e. The van der Waals surface area contributed by atoms with E-state index in [1.807, 2.05) is 63.2 Å². The van der Waals surface area contributed by atoms with Crippen molar-refractivity contribution in [2.24, 2.45) is 0 Å². The number of nitrogens with zero attached hydrogens (tertiary/aromatic N) is 1. The number of aryl methyl sites for hydroxylation is 1. The first-order valence-electron chi connectivity index (χ1n) is 11.5. The number of hydrogen-bond acceptors (Lipinski definition) is 3. The van der Waals surface area contributed by atoms with E-state index >= 15 is 0 Å². The van der Waals surface area contributed by atoms with Crippen LogP contribution in [0.25, 0.3) is 0 Å². The third kappa shape index (κ3) is 7.88. The molecule has 0 heterocycles. The van der Waals surface area contributed by atoms with Gasteiger partial charge in [-0.2, -0.15) is 0 Å². The highest BCUT2D eigenvalue weighted by molar-refractivity contribution is 9.10. The van der Waals surface area contributed by atoms with E-state index in [2.05, 4.69) is 42.0 Å². The molecule has 180 valence electrons. The minimum Gasteiger partial charge on any atom is -0.483 e.